The maximum atomic E-state index is 12.2. The second-order valence-corrected chi connectivity index (χ2v) is 7.02. The minimum Gasteiger partial charge on any atom is -0.465 e. The van der Waals surface area contributed by atoms with Crippen molar-refractivity contribution in [2.45, 2.75) is 31.2 Å². The monoisotopic (exact) mass is 300 g/mol. The normalized spacial score (nSPS) is 12.2. The van der Waals surface area contributed by atoms with Gasteiger partial charge < -0.3 is 10.5 Å². The first-order valence-corrected chi connectivity index (χ1v) is 7.53. The molecule has 0 aliphatic carbocycles. The molecule has 0 unspecified atom stereocenters. The van der Waals surface area contributed by atoms with Crippen molar-refractivity contribution in [2.75, 3.05) is 13.7 Å². The minimum atomic E-state index is -3.73. The first kappa shape index (κ1) is 16.6. The van der Waals surface area contributed by atoms with Crippen molar-refractivity contribution in [3.63, 3.8) is 0 Å². The molecule has 0 saturated carbocycles. The zero-order valence-corrected chi connectivity index (χ0v) is 12.9. The fourth-order valence-corrected chi connectivity index (χ4v) is 2.98. The lowest BCUT2D eigenvalue weighted by Crippen LogP contribution is -2.45. The summed E-state index contributed by atoms with van der Waals surface area (Å²) < 4.78 is 31.5. The molecular formula is C13H20N2O4S. The van der Waals surface area contributed by atoms with E-state index in [2.05, 4.69) is 9.46 Å². The van der Waals surface area contributed by atoms with Gasteiger partial charge in [0.1, 0.15) is 0 Å². The van der Waals surface area contributed by atoms with Crippen molar-refractivity contribution < 1.29 is 17.9 Å². The van der Waals surface area contributed by atoms with Crippen LogP contribution in [0, 0.1) is 6.92 Å². The lowest BCUT2D eigenvalue weighted by atomic mass is 10.1. The molecule has 0 heterocycles. The van der Waals surface area contributed by atoms with Gasteiger partial charge in [-0.2, -0.15) is 0 Å². The first-order chi connectivity index (χ1) is 9.07. The van der Waals surface area contributed by atoms with Crippen LogP contribution in [0.25, 0.3) is 0 Å². The number of carbonyl (C=O) groups is 1. The summed E-state index contributed by atoms with van der Waals surface area (Å²) in [5.74, 6) is -0.583. The quantitative estimate of drug-likeness (QED) is 0.784. The van der Waals surface area contributed by atoms with Crippen LogP contribution >= 0.6 is 0 Å². The van der Waals surface area contributed by atoms with Crippen LogP contribution in [0.15, 0.2) is 23.1 Å². The van der Waals surface area contributed by atoms with Crippen molar-refractivity contribution in [1.29, 1.82) is 0 Å². The predicted molar refractivity (Wildman–Crippen MR) is 76.0 cm³/mol. The number of aryl methyl sites for hydroxylation is 1. The second-order valence-electron chi connectivity index (χ2n) is 5.28. The van der Waals surface area contributed by atoms with E-state index in [9.17, 15) is 13.2 Å². The number of carbonyl (C=O) groups excluding carboxylic acids is 1. The van der Waals surface area contributed by atoms with E-state index in [-0.39, 0.29) is 17.0 Å². The summed E-state index contributed by atoms with van der Waals surface area (Å²) in [4.78, 5) is 11.5. The Balaban J connectivity index is 3.14. The Hall–Kier alpha value is -1.44. The molecule has 0 amide bonds. The van der Waals surface area contributed by atoms with Gasteiger partial charge >= 0.3 is 5.97 Å². The summed E-state index contributed by atoms with van der Waals surface area (Å²) >= 11 is 0. The average molecular weight is 300 g/mol. The molecule has 112 valence electrons. The van der Waals surface area contributed by atoms with E-state index in [1.165, 1.54) is 19.2 Å². The number of rotatable bonds is 5. The minimum absolute atomic E-state index is 0.0460. The number of benzene rings is 1. The SMILES string of the molecule is COC(=O)c1ccc(C)c(S(=O)(=O)NCC(C)(C)N)c1. The Morgan fingerprint density at radius 2 is 2.00 bits per heavy atom. The zero-order valence-electron chi connectivity index (χ0n) is 12.1. The van der Waals surface area contributed by atoms with Gasteiger partial charge in [0.2, 0.25) is 10.0 Å². The van der Waals surface area contributed by atoms with Crippen LogP contribution in [0.2, 0.25) is 0 Å². The summed E-state index contributed by atoms with van der Waals surface area (Å²) in [6.07, 6.45) is 0. The summed E-state index contributed by atoms with van der Waals surface area (Å²) in [6, 6.07) is 4.38. The van der Waals surface area contributed by atoms with E-state index in [4.69, 9.17) is 5.73 Å². The van der Waals surface area contributed by atoms with Gasteiger partial charge in [-0.3, -0.25) is 0 Å². The van der Waals surface area contributed by atoms with Crippen molar-refractivity contribution in [1.82, 2.24) is 4.72 Å². The highest BCUT2D eigenvalue weighted by atomic mass is 32.2. The highest BCUT2D eigenvalue weighted by molar-refractivity contribution is 7.89. The van der Waals surface area contributed by atoms with Crippen molar-refractivity contribution in [3.05, 3.63) is 29.3 Å². The molecule has 1 aromatic rings. The fraction of sp³-hybridized carbons (Fsp3) is 0.462. The molecule has 0 spiro atoms. The van der Waals surface area contributed by atoms with Crippen LogP contribution < -0.4 is 10.5 Å². The number of nitrogens with two attached hydrogens (primary N) is 1. The van der Waals surface area contributed by atoms with Gasteiger partial charge in [-0.25, -0.2) is 17.9 Å². The highest BCUT2D eigenvalue weighted by Crippen LogP contribution is 2.18. The Morgan fingerprint density at radius 1 is 1.40 bits per heavy atom. The van der Waals surface area contributed by atoms with Crippen LogP contribution in [0.5, 0.6) is 0 Å². The molecule has 1 rings (SSSR count). The Labute approximate surface area is 119 Å². The van der Waals surface area contributed by atoms with Gasteiger partial charge in [0.15, 0.2) is 0 Å². The molecule has 0 fully saturated rings. The molecule has 0 bridgehead atoms. The van der Waals surface area contributed by atoms with E-state index in [1.54, 1.807) is 26.8 Å². The van der Waals surface area contributed by atoms with Gasteiger partial charge in [0, 0.05) is 12.1 Å². The molecule has 3 N–H and O–H groups in total. The smallest absolute Gasteiger partial charge is 0.337 e. The molecular weight excluding hydrogens is 280 g/mol. The number of ether oxygens (including phenoxy) is 1. The van der Waals surface area contributed by atoms with E-state index >= 15 is 0 Å². The molecule has 1 aromatic carbocycles. The topological polar surface area (TPSA) is 98.5 Å². The lowest BCUT2D eigenvalue weighted by molar-refractivity contribution is 0.0600. The molecule has 0 aliphatic rings. The Kier molecular flexibility index (Phi) is 4.90. The Bertz CT molecular complexity index is 603. The van der Waals surface area contributed by atoms with Crippen LogP contribution in [0.1, 0.15) is 29.8 Å². The molecule has 20 heavy (non-hydrogen) atoms. The third-order valence-corrected chi connectivity index (χ3v) is 4.16. The maximum absolute atomic E-state index is 12.2. The summed E-state index contributed by atoms with van der Waals surface area (Å²) in [5.41, 5.74) is 5.82. The van der Waals surface area contributed by atoms with E-state index in [0.29, 0.717) is 5.56 Å². The standard InChI is InChI=1S/C13H20N2O4S/c1-9-5-6-10(12(16)19-4)7-11(9)20(17,18)15-8-13(2,3)14/h5-7,15H,8,14H2,1-4H3. The van der Waals surface area contributed by atoms with Gasteiger partial charge in [-0.1, -0.05) is 6.07 Å². The largest absolute Gasteiger partial charge is 0.465 e. The molecule has 0 aliphatic heterocycles. The third-order valence-electron chi connectivity index (χ3n) is 2.62. The first-order valence-electron chi connectivity index (χ1n) is 6.04. The molecule has 0 atom stereocenters. The van der Waals surface area contributed by atoms with E-state index < -0.39 is 21.5 Å². The molecule has 0 radical (unpaired) electrons. The van der Waals surface area contributed by atoms with Gasteiger partial charge in [0.05, 0.1) is 17.6 Å². The number of hydrogen-bond acceptors (Lipinski definition) is 5. The summed E-state index contributed by atoms with van der Waals surface area (Å²) in [5, 5.41) is 0. The molecule has 7 heteroatoms. The summed E-state index contributed by atoms with van der Waals surface area (Å²) in [7, 11) is -2.48. The fourth-order valence-electron chi connectivity index (χ4n) is 1.49. The maximum Gasteiger partial charge on any atom is 0.337 e. The number of hydrogen-bond donors (Lipinski definition) is 2. The van der Waals surface area contributed by atoms with Crippen LogP contribution in [0.4, 0.5) is 0 Å². The van der Waals surface area contributed by atoms with Crippen LogP contribution in [-0.4, -0.2) is 33.6 Å². The van der Waals surface area contributed by atoms with Crippen LogP contribution in [0.3, 0.4) is 0 Å². The molecule has 0 aromatic heterocycles. The zero-order chi connectivity index (χ0) is 15.6. The lowest BCUT2D eigenvalue weighted by Gasteiger charge is -2.19. The van der Waals surface area contributed by atoms with Crippen molar-refractivity contribution >= 4 is 16.0 Å². The van der Waals surface area contributed by atoms with Crippen molar-refractivity contribution in [3.8, 4) is 0 Å². The van der Waals surface area contributed by atoms with Crippen molar-refractivity contribution in [2.24, 2.45) is 5.73 Å². The number of methoxy groups -OCH3 is 1. The number of sulfonamides is 1. The second kappa shape index (κ2) is 5.90. The van der Waals surface area contributed by atoms with Gasteiger partial charge in [-0.05, 0) is 38.5 Å². The van der Waals surface area contributed by atoms with Gasteiger partial charge in [-0.15, -0.1) is 0 Å². The predicted octanol–water partition coefficient (Wildman–Crippen LogP) is 0.797. The summed E-state index contributed by atoms with van der Waals surface area (Å²) in [6.45, 7) is 5.18. The van der Waals surface area contributed by atoms with Crippen LogP contribution in [-0.2, 0) is 14.8 Å². The highest BCUT2D eigenvalue weighted by Gasteiger charge is 2.22. The average Bonchev–Trinajstić information content (AvgIpc) is 2.35. The van der Waals surface area contributed by atoms with Gasteiger partial charge in [0.25, 0.3) is 0 Å². The number of esters is 1. The van der Waals surface area contributed by atoms with E-state index in [0.717, 1.165) is 0 Å². The Morgan fingerprint density at radius 3 is 2.50 bits per heavy atom. The molecule has 0 saturated heterocycles. The van der Waals surface area contributed by atoms with E-state index in [1.807, 2.05) is 0 Å². The third kappa shape index (κ3) is 4.29. The number of nitrogens with one attached hydrogen (secondary N) is 1. The molecule has 6 nitrogen and oxygen atoms in total.